The zero-order chi connectivity index (χ0) is 21.0. The number of hydrogen-bond donors (Lipinski definition) is 2. The van der Waals surface area contributed by atoms with Crippen molar-refractivity contribution in [2.45, 2.75) is 58.8 Å². The molecule has 2 N–H and O–H groups in total. The molecule has 0 saturated heterocycles. The molecule has 0 saturated carbocycles. The number of benzene rings is 1. The molecule has 1 atom stereocenters. The molecule has 0 spiro atoms. The van der Waals surface area contributed by atoms with Crippen LogP contribution in [0.15, 0.2) is 18.2 Å². The quantitative estimate of drug-likeness (QED) is 0.367. The molecule has 7 nitrogen and oxygen atoms in total. The van der Waals surface area contributed by atoms with Crippen molar-refractivity contribution in [1.82, 2.24) is 5.32 Å². The molecule has 154 valence electrons. The van der Waals surface area contributed by atoms with E-state index < -0.39 is 37.0 Å². The third-order valence-electron chi connectivity index (χ3n) is 2.76. The SMILES string of the molecule is CC(C)(C)OP(=O)(OCC(NC(=O)O)c1cc(F)cc(I)c1)OC(C)(C)C. The van der Waals surface area contributed by atoms with Gasteiger partial charge >= 0.3 is 13.9 Å². The smallest absolute Gasteiger partial charge is 0.465 e. The number of rotatable bonds is 7. The Hall–Kier alpha value is -0.740. The van der Waals surface area contributed by atoms with Gasteiger partial charge in [0.15, 0.2) is 0 Å². The summed E-state index contributed by atoms with van der Waals surface area (Å²) in [5.74, 6) is -0.519. The van der Waals surface area contributed by atoms with Crippen molar-refractivity contribution < 1.29 is 32.4 Å². The second-order valence-electron chi connectivity index (χ2n) is 7.86. The van der Waals surface area contributed by atoms with Gasteiger partial charge in [-0.3, -0.25) is 13.6 Å². The molecule has 1 unspecified atom stereocenters. The Morgan fingerprint density at radius 2 is 1.70 bits per heavy atom. The van der Waals surface area contributed by atoms with E-state index in [1.54, 1.807) is 47.6 Å². The first-order valence-corrected chi connectivity index (χ1v) is 10.7. The summed E-state index contributed by atoms with van der Waals surface area (Å²) in [6.45, 7) is 9.78. The van der Waals surface area contributed by atoms with Crippen LogP contribution in [-0.4, -0.2) is 29.0 Å². The first-order valence-electron chi connectivity index (χ1n) is 8.20. The van der Waals surface area contributed by atoms with E-state index in [0.717, 1.165) is 0 Å². The summed E-state index contributed by atoms with van der Waals surface area (Å²) in [7, 11) is -4.03. The van der Waals surface area contributed by atoms with Crippen molar-refractivity contribution in [3.05, 3.63) is 33.1 Å². The standard InChI is InChI=1S/C17H26FINO6P/c1-16(2,3)25-27(23,26-17(4,5)6)24-10-14(20-15(21)22)11-7-12(18)9-13(19)8-11/h7-9,14,20H,10H2,1-6H3,(H,21,22). The predicted octanol–water partition coefficient (Wildman–Crippen LogP) is 5.49. The minimum absolute atomic E-state index is 0.333. The van der Waals surface area contributed by atoms with Gasteiger partial charge in [-0.25, -0.2) is 13.8 Å². The number of halogens is 2. The van der Waals surface area contributed by atoms with Crippen LogP contribution >= 0.6 is 30.4 Å². The fraction of sp³-hybridized carbons (Fsp3) is 0.588. The molecular weight excluding hydrogens is 491 g/mol. The maximum Gasteiger partial charge on any atom is 0.475 e. The fourth-order valence-electron chi connectivity index (χ4n) is 2.05. The van der Waals surface area contributed by atoms with Gasteiger partial charge in [-0.2, -0.15) is 0 Å². The van der Waals surface area contributed by atoms with Crippen LogP contribution in [0, 0.1) is 9.39 Å². The van der Waals surface area contributed by atoms with Crippen LogP contribution in [0.1, 0.15) is 53.1 Å². The van der Waals surface area contributed by atoms with Crippen molar-refractivity contribution in [1.29, 1.82) is 0 Å². The van der Waals surface area contributed by atoms with E-state index >= 15 is 0 Å². The molecule has 0 bridgehead atoms. The zero-order valence-corrected chi connectivity index (χ0v) is 19.3. The highest BCUT2D eigenvalue weighted by Crippen LogP contribution is 2.55. The molecule has 1 aromatic carbocycles. The summed E-state index contributed by atoms with van der Waals surface area (Å²) in [6.07, 6.45) is -1.33. The van der Waals surface area contributed by atoms with Crippen molar-refractivity contribution in [3.8, 4) is 0 Å². The van der Waals surface area contributed by atoms with Gasteiger partial charge in [0.05, 0.1) is 23.9 Å². The Morgan fingerprint density at radius 3 is 2.11 bits per heavy atom. The molecule has 1 rings (SSSR count). The Balaban J connectivity index is 3.10. The Labute approximate surface area is 172 Å². The number of nitrogens with one attached hydrogen (secondary N) is 1. The number of amides is 1. The first kappa shape index (κ1) is 24.3. The summed E-state index contributed by atoms with van der Waals surface area (Å²) in [4.78, 5) is 11.1. The number of carboxylic acid groups (broad SMARTS) is 1. The molecule has 0 aliphatic heterocycles. The van der Waals surface area contributed by atoms with E-state index in [9.17, 15) is 13.8 Å². The molecule has 10 heteroatoms. The second-order valence-corrected chi connectivity index (χ2v) is 10.6. The van der Waals surface area contributed by atoms with E-state index in [1.807, 2.05) is 22.6 Å². The van der Waals surface area contributed by atoms with E-state index in [4.69, 9.17) is 18.7 Å². The fourth-order valence-corrected chi connectivity index (χ4v) is 4.53. The molecule has 0 aromatic heterocycles. The van der Waals surface area contributed by atoms with Gasteiger partial charge in [0.25, 0.3) is 0 Å². The number of phosphoric ester groups is 1. The maximum atomic E-state index is 13.7. The van der Waals surface area contributed by atoms with Crippen LogP contribution in [0.25, 0.3) is 0 Å². The van der Waals surface area contributed by atoms with Gasteiger partial charge in [-0.05, 0) is 87.9 Å². The molecule has 0 fully saturated rings. The summed E-state index contributed by atoms with van der Waals surface area (Å²) < 4.78 is 43.8. The zero-order valence-electron chi connectivity index (χ0n) is 16.2. The normalized spacial score (nSPS) is 14.1. The van der Waals surface area contributed by atoms with Gasteiger partial charge in [-0.15, -0.1) is 0 Å². The second kappa shape index (κ2) is 9.17. The van der Waals surface area contributed by atoms with E-state index in [2.05, 4.69) is 5.32 Å². The van der Waals surface area contributed by atoms with E-state index in [0.29, 0.717) is 9.13 Å². The van der Waals surface area contributed by atoms with Crippen LogP contribution in [0.2, 0.25) is 0 Å². The maximum absolute atomic E-state index is 13.7. The average Bonchev–Trinajstić information content (AvgIpc) is 2.37. The lowest BCUT2D eigenvalue weighted by Crippen LogP contribution is -2.31. The van der Waals surface area contributed by atoms with E-state index in [1.165, 1.54) is 12.1 Å². The lowest BCUT2D eigenvalue weighted by atomic mass is 10.1. The summed E-state index contributed by atoms with van der Waals surface area (Å²) in [5, 5.41) is 11.3. The van der Waals surface area contributed by atoms with Crippen molar-refractivity contribution in [3.63, 3.8) is 0 Å². The summed E-state index contributed by atoms with van der Waals surface area (Å²) >= 11 is 1.92. The number of hydrogen-bond acceptors (Lipinski definition) is 5. The predicted molar refractivity (Wildman–Crippen MR) is 108 cm³/mol. The van der Waals surface area contributed by atoms with Crippen LogP contribution in [0.5, 0.6) is 0 Å². The third-order valence-corrected chi connectivity index (χ3v) is 5.39. The minimum atomic E-state index is -4.03. The van der Waals surface area contributed by atoms with E-state index in [-0.39, 0.29) is 6.61 Å². The largest absolute Gasteiger partial charge is 0.475 e. The molecule has 1 aromatic rings. The van der Waals surface area contributed by atoms with Crippen molar-refractivity contribution in [2.24, 2.45) is 0 Å². The number of phosphoric acid groups is 1. The van der Waals surface area contributed by atoms with Crippen molar-refractivity contribution in [2.75, 3.05) is 6.61 Å². The summed E-state index contributed by atoms with van der Waals surface area (Å²) in [5.41, 5.74) is -1.32. The lowest BCUT2D eigenvalue weighted by molar-refractivity contribution is 0.000702. The molecule has 0 aliphatic rings. The molecule has 0 heterocycles. The van der Waals surface area contributed by atoms with Crippen LogP contribution in [0.3, 0.4) is 0 Å². The Kier molecular flexibility index (Phi) is 8.25. The number of carbonyl (C=O) groups is 1. The lowest BCUT2D eigenvalue weighted by Gasteiger charge is -2.31. The monoisotopic (exact) mass is 517 g/mol. The van der Waals surface area contributed by atoms with Gasteiger partial charge in [0.1, 0.15) is 5.82 Å². The molecule has 0 aliphatic carbocycles. The summed E-state index contributed by atoms with van der Waals surface area (Å²) in [6, 6.07) is 3.13. The average molecular weight is 517 g/mol. The van der Waals surface area contributed by atoms with Crippen LogP contribution in [0.4, 0.5) is 9.18 Å². The van der Waals surface area contributed by atoms with Crippen LogP contribution in [-0.2, 0) is 18.1 Å². The van der Waals surface area contributed by atoms with Crippen LogP contribution < -0.4 is 5.32 Å². The highest BCUT2D eigenvalue weighted by molar-refractivity contribution is 14.1. The Bertz CT molecular complexity index is 676. The molecule has 27 heavy (non-hydrogen) atoms. The van der Waals surface area contributed by atoms with Gasteiger partial charge in [-0.1, -0.05) is 0 Å². The highest BCUT2D eigenvalue weighted by atomic mass is 127. The van der Waals surface area contributed by atoms with Gasteiger partial charge < -0.3 is 10.4 Å². The third kappa shape index (κ3) is 9.84. The molecule has 1 amide bonds. The van der Waals surface area contributed by atoms with Crippen molar-refractivity contribution >= 4 is 36.5 Å². The Morgan fingerprint density at radius 1 is 1.19 bits per heavy atom. The highest BCUT2D eigenvalue weighted by Gasteiger charge is 2.38. The minimum Gasteiger partial charge on any atom is -0.465 e. The van der Waals surface area contributed by atoms with Gasteiger partial charge in [0.2, 0.25) is 0 Å². The molecule has 0 radical (unpaired) electrons. The first-order chi connectivity index (χ1) is 12.1. The molecular formula is C17H26FINO6P. The van der Waals surface area contributed by atoms with Gasteiger partial charge in [0, 0.05) is 3.57 Å². The topological polar surface area (TPSA) is 94.1 Å².